The summed E-state index contributed by atoms with van der Waals surface area (Å²) in [6.07, 6.45) is -2.58. The average molecular weight is 462 g/mol. The van der Waals surface area contributed by atoms with Crippen LogP contribution in [-0.4, -0.2) is 41.2 Å². The van der Waals surface area contributed by atoms with Crippen LogP contribution >= 0.6 is 11.3 Å². The van der Waals surface area contributed by atoms with Crippen molar-refractivity contribution in [1.82, 2.24) is 15.1 Å². The largest absolute Gasteiger partial charge is 0.497 e. The minimum absolute atomic E-state index is 0.152. The van der Waals surface area contributed by atoms with Gasteiger partial charge in [-0.1, -0.05) is 24.3 Å². The molecule has 32 heavy (non-hydrogen) atoms. The number of carbonyl (C=O) groups is 1. The van der Waals surface area contributed by atoms with E-state index in [4.69, 9.17) is 4.74 Å². The van der Waals surface area contributed by atoms with Crippen molar-refractivity contribution < 1.29 is 22.7 Å². The van der Waals surface area contributed by atoms with E-state index in [0.717, 1.165) is 27.4 Å². The number of likely N-dealkylation sites (tertiary alicyclic amines) is 1. The molecule has 0 N–H and O–H groups in total. The van der Waals surface area contributed by atoms with E-state index >= 15 is 0 Å². The van der Waals surface area contributed by atoms with Gasteiger partial charge < -0.3 is 9.64 Å². The van der Waals surface area contributed by atoms with E-state index in [1.54, 1.807) is 18.4 Å². The first-order valence-corrected chi connectivity index (χ1v) is 11.1. The zero-order valence-electron chi connectivity index (χ0n) is 17.4. The molecule has 1 saturated heterocycles. The van der Waals surface area contributed by atoms with E-state index in [0.29, 0.717) is 32.4 Å². The Bertz CT molecular complexity index is 1070. The molecule has 0 unspecified atom stereocenters. The first-order valence-electron chi connectivity index (χ1n) is 10.3. The molecule has 2 heterocycles. The molecule has 2 aromatic carbocycles. The van der Waals surface area contributed by atoms with Crippen molar-refractivity contribution in [3.8, 4) is 5.75 Å². The minimum atomic E-state index is -4.56. The molecular weight excluding hydrogens is 439 g/mol. The fourth-order valence-electron chi connectivity index (χ4n) is 3.84. The van der Waals surface area contributed by atoms with Crippen molar-refractivity contribution >= 4 is 17.2 Å². The summed E-state index contributed by atoms with van der Waals surface area (Å²) in [6.45, 7) is 0.784. The second-order valence-electron chi connectivity index (χ2n) is 7.67. The van der Waals surface area contributed by atoms with Crippen molar-refractivity contribution in [2.45, 2.75) is 31.4 Å². The molecule has 1 aliphatic rings. The van der Waals surface area contributed by atoms with E-state index < -0.39 is 17.6 Å². The number of hydrogen-bond acceptors (Lipinski definition) is 5. The third kappa shape index (κ3) is 4.93. The number of benzene rings is 2. The smallest absolute Gasteiger partial charge is 0.417 e. The second-order valence-corrected chi connectivity index (χ2v) is 8.76. The van der Waals surface area contributed by atoms with E-state index in [2.05, 4.69) is 10.2 Å². The van der Waals surface area contributed by atoms with Crippen LogP contribution in [0.5, 0.6) is 5.75 Å². The molecule has 0 bridgehead atoms. The van der Waals surface area contributed by atoms with Crippen LogP contribution in [0.2, 0.25) is 0 Å². The Kier molecular flexibility index (Phi) is 6.45. The second kappa shape index (κ2) is 9.28. The molecule has 1 amide bonds. The van der Waals surface area contributed by atoms with Crippen molar-refractivity contribution in [2.24, 2.45) is 0 Å². The molecule has 3 aromatic rings. The predicted octanol–water partition coefficient (Wildman–Crippen LogP) is 5.18. The van der Waals surface area contributed by atoms with Crippen molar-refractivity contribution in [3.05, 3.63) is 75.2 Å². The van der Waals surface area contributed by atoms with Gasteiger partial charge in [0.05, 0.1) is 18.2 Å². The summed E-state index contributed by atoms with van der Waals surface area (Å²) in [5.41, 5.74) is -0.0761. The Labute approximate surface area is 187 Å². The minimum Gasteiger partial charge on any atom is -0.497 e. The highest BCUT2D eigenvalue weighted by atomic mass is 32.1. The number of rotatable bonds is 5. The first-order chi connectivity index (χ1) is 15.3. The molecule has 1 aromatic heterocycles. The lowest BCUT2D eigenvalue weighted by atomic mass is 9.96. The zero-order valence-corrected chi connectivity index (χ0v) is 18.2. The Hall–Kier alpha value is -2.94. The zero-order chi connectivity index (χ0) is 22.7. The standard InChI is InChI=1S/C23H22F3N3O2S/c1-31-17-8-6-15(7-9-17)14-20-27-28-21(32-20)16-10-12-29(13-11-16)22(30)18-4-2-3-5-19(18)23(24,25)26/h2-9,16H,10-14H2,1H3. The SMILES string of the molecule is COc1ccc(Cc2nnc(C3CCN(C(=O)c4ccccc4C(F)(F)F)CC3)s2)cc1. The summed E-state index contributed by atoms with van der Waals surface area (Å²) in [5, 5.41) is 10.5. The highest BCUT2D eigenvalue weighted by Crippen LogP contribution is 2.34. The quantitative estimate of drug-likeness (QED) is 0.526. The van der Waals surface area contributed by atoms with Crippen LogP contribution in [0.15, 0.2) is 48.5 Å². The summed E-state index contributed by atoms with van der Waals surface area (Å²) in [5.74, 6) is 0.374. The van der Waals surface area contributed by atoms with Crippen LogP contribution < -0.4 is 4.74 Å². The number of alkyl halides is 3. The monoisotopic (exact) mass is 461 g/mol. The average Bonchev–Trinajstić information content (AvgIpc) is 3.27. The number of methoxy groups -OCH3 is 1. The fourth-order valence-corrected chi connectivity index (χ4v) is 4.88. The maximum atomic E-state index is 13.3. The summed E-state index contributed by atoms with van der Waals surface area (Å²) >= 11 is 1.55. The number of aromatic nitrogens is 2. The molecule has 0 saturated carbocycles. The molecule has 0 atom stereocenters. The van der Waals surface area contributed by atoms with Crippen LogP contribution in [0.4, 0.5) is 13.2 Å². The van der Waals surface area contributed by atoms with Crippen LogP contribution in [0, 0.1) is 0 Å². The van der Waals surface area contributed by atoms with E-state index in [-0.39, 0.29) is 11.5 Å². The van der Waals surface area contributed by atoms with E-state index in [1.165, 1.54) is 23.1 Å². The van der Waals surface area contributed by atoms with Gasteiger partial charge in [-0.25, -0.2) is 0 Å². The Morgan fingerprint density at radius 2 is 1.78 bits per heavy atom. The van der Waals surface area contributed by atoms with Crippen LogP contribution in [0.1, 0.15) is 50.3 Å². The Morgan fingerprint density at radius 1 is 1.09 bits per heavy atom. The number of nitrogens with zero attached hydrogens (tertiary/aromatic N) is 3. The van der Waals surface area contributed by atoms with Crippen LogP contribution in [-0.2, 0) is 12.6 Å². The first kappa shape index (κ1) is 22.3. The molecule has 0 aliphatic carbocycles. The van der Waals surface area contributed by atoms with Gasteiger partial charge in [-0.2, -0.15) is 13.2 Å². The molecule has 9 heteroatoms. The predicted molar refractivity (Wildman–Crippen MR) is 115 cm³/mol. The third-order valence-corrected chi connectivity index (χ3v) is 6.68. The van der Waals surface area contributed by atoms with Crippen LogP contribution in [0.3, 0.4) is 0 Å². The Morgan fingerprint density at radius 3 is 2.44 bits per heavy atom. The van der Waals surface area contributed by atoms with E-state index in [1.807, 2.05) is 24.3 Å². The molecule has 168 valence electrons. The van der Waals surface area contributed by atoms with Gasteiger partial charge in [-0.3, -0.25) is 4.79 Å². The third-order valence-electron chi connectivity index (χ3n) is 5.59. The molecule has 0 radical (unpaired) electrons. The number of carbonyl (C=O) groups excluding carboxylic acids is 1. The van der Waals surface area contributed by atoms with E-state index in [9.17, 15) is 18.0 Å². The topological polar surface area (TPSA) is 55.3 Å². The molecule has 1 aliphatic heterocycles. The molecule has 1 fully saturated rings. The van der Waals surface area contributed by atoms with Crippen molar-refractivity contribution in [2.75, 3.05) is 20.2 Å². The summed E-state index contributed by atoms with van der Waals surface area (Å²) in [6, 6.07) is 12.7. The van der Waals surface area contributed by atoms with Crippen molar-refractivity contribution in [1.29, 1.82) is 0 Å². The van der Waals surface area contributed by atoms with Gasteiger partial charge in [0, 0.05) is 25.4 Å². The van der Waals surface area contributed by atoms with Gasteiger partial charge in [0.25, 0.3) is 5.91 Å². The number of amides is 1. The van der Waals surface area contributed by atoms with Gasteiger partial charge in [-0.15, -0.1) is 21.5 Å². The van der Waals surface area contributed by atoms with Crippen molar-refractivity contribution in [3.63, 3.8) is 0 Å². The normalized spacial score (nSPS) is 15.1. The van der Waals surface area contributed by atoms with Gasteiger partial charge in [0.2, 0.25) is 0 Å². The summed E-state index contributed by atoms with van der Waals surface area (Å²) in [7, 11) is 1.62. The Balaban J connectivity index is 1.38. The lowest BCUT2D eigenvalue weighted by Gasteiger charge is -2.31. The van der Waals surface area contributed by atoms with Gasteiger partial charge in [-0.05, 0) is 42.7 Å². The molecular formula is C23H22F3N3O2S. The highest BCUT2D eigenvalue weighted by molar-refractivity contribution is 7.11. The number of piperidine rings is 1. The summed E-state index contributed by atoms with van der Waals surface area (Å²) in [4.78, 5) is 14.3. The lowest BCUT2D eigenvalue weighted by molar-refractivity contribution is -0.138. The molecule has 0 spiro atoms. The van der Waals surface area contributed by atoms with Gasteiger partial charge >= 0.3 is 6.18 Å². The van der Waals surface area contributed by atoms with Crippen LogP contribution in [0.25, 0.3) is 0 Å². The lowest BCUT2D eigenvalue weighted by Crippen LogP contribution is -2.38. The van der Waals surface area contributed by atoms with Gasteiger partial charge in [0.15, 0.2) is 0 Å². The highest BCUT2D eigenvalue weighted by Gasteiger charge is 2.36. The number of hydrogen-bond donors (Lipinski definition) is 0. The fraction of sp³-hybridized carbons (Fsp3) is 0.348. The number of halogens is 3. The maximum absolute atomic E-state index is 13.3. The number of ether oxygens (including phenoxy) is 1. The molecule has 4 rings (SSSR count). The maximum Gasteiger partial charge on any atom is 0.417 e. The van der Waals surface area contributed by atoms with Gasteiger partial charge in [0.1, 0.15) is 15.8 Å². The molecule has 5 nitrogen and oxygen atoms in total. The summed E-state index contributed by atoms with van der Waals surface area (Å²) < 4.78 is 45.0.